The second-order valence-electron chi connectivity index (χ2n) is 7.43. The molecular formula is C28H18ClF2NO3. The fraction of sp³-hybridized carbons (Fsp3) is 0. The van der Waals surface area contributed by atoms with Gasteiger partial charge < -0.3 is 10.1 Å². The van der Waals surface area contributed by atoms with Crippen LogP contribution in [0.1, 0.15) is 15.9 Å². The van der Waals surface area contributed by atoms with Crippen LogP contribution in [0.15, 0.2) is 97.1 Å². The molecule has 0 saturated carbocycles. The van der Waals surface area contributed by atoms with Crippen LogP contribution in [0, 0.1) is 11.6 Å². The molecule has 1 N–H and O–H groups in total. The molecule has 1 amide bonds. The topological polar surface area (TPSA) is 55.4 Å². The molecule has 4 nitrogen and oxygen atoms in total. The van der Waals surface area contributed by atoms with Crippen molar-refractivity contribution in [3.8, 4) is 16.9 Å². The van der Waals surface area contributed by atoms with Crippen molar-refractivity contribution >= 4 is 35.2 Å². The van der Waals surface area contributed by atoms with Crippen LogP contribution in [0.25, 0.3) is 17.2 Å². The smallest absolute Gasteiger partial charge is 0.336 e. The van der Waals surface area contributed by atoms with Gasteiger partial charge in [0.25, 0.3) is 5.91 Å². The third kappa shape index (κ3) is 5.99. The van der Waals surface area contributed by atoms with Crippen molar-refractivity contribution in [3.05, 3.63) is 125 Å². The second-order valence-corrected chi connectivity index (χ2v) is 7.84. The van der Waals surface area contributed by atoms with Gasteiger partial charge in [0.2, 0.25) is 0 Å². The van der Waals surface area contributed by atoms with Gasteiger partial charge in [-0.15, -0.1) is 0 Å². The number of ether oxygens (including phenoxy) is 1. The number of rotatable bonds is 6. The maximum Gasteiger partial charge on any atom is 0.336 e. The zero-order chi connectivity index (χ0) is 24.8. The molecule has 4 aromatic rings. The minimum atomic E-state index is -0.794. The molecular weight excluding hydrogens is 472 g/mol. The molecule has 0 saturated heterocycles. The van der Waals surface area contributed by atoms with Crippen LogP contribution in [0.4, 0.5) is 14.5 Å². The number of nitrogens with one attached hydrogen (secondary N) is 1. The van der Waals surface area contributed by atoms with E-state index in [2.05, 4.69) is 5.32 Å². The lowest BCUT2D eigenvalue weighted by molar-refractivity contribution is -0.128. The Morgan fingerprint density at radius 2 is 1.60 bits per heavy atom. The average Bonchev–Trinajstić information content (AvgIpc) is 2.85. The third-order valence-electron chi connectivity index (χ3n) is 5.01. The Bertz CT molecular complexity index is 1420. The van der Waals surface area contributed by atoms with Gasteiger partial charge in [0.15, 0.2) is 0 Å². The normalized spacial score (nSPS) is 10.8. The van der Waals surface area contributed by atoms with E-state index < -0.39 is 23.5 Å². The summed E-state index contributed by atoms with van der Waals surface area (Å²) in [6.07, 6.45) is 2.81. The summed E-state index contributed by atoms with van der Waals surface area (Å²) in [6.45, 7) is 0. The molecule has 4 aromatic carbocycles. The molecule has 0 aromatic heterocycles. The Kier molecular flexibility index (Phi) is 7.33. The number of anilines is 1. The van der Waals surface area contributed by atoms with Crippen LogP contribution in [0.5, 0.6) is 5.75 Å². The summed E-state index contributed by atoms with van der Waals surface area (Å²) in [5.41, 5.74) is 1.49. The predicted molar refractivity (Wildman–Crippen MR) is 132 cm³/mol. The number of para-hydroxylation sites is 1. The Hall–Kier alpha value is -4.29. The molecule has 0 unspecified atom stereocenters. The van der Waals surface area contributed by atoms with Crippen LogP contribution in [-0.2, 0) is 4.79 Å². The average molecular weight is 490 g/mol. The molecule has 0 aliphatic heterocycles. The molecule has 0 atom stereocenters. The highest BCUT2D eigenvalue weighted by Crippen LogP contribution is 2.30. The zero-order valence-electron chi connectivity index (χ0n) is 18.2. The van der Waals surface area contributed by atoms with Gasteiger partial charge in [-0.3, -0.25) is 4.79 Å². The summed E-state index contributed by atoms with van der Waals surface area (Å²) in [4.78, 5) is 25.6. The van der Waals surface area contributed by atoms with E-state index in [4.69, 9.17) is 16.3 Å². The van der Waals surface area contributed by atoms with E-state index in [1.807, 2.05) is 30.3 Å². The first-order chi connectivity index (χ1) is 16.9. The fourth-order valence-electron chi connectivity index (χ4n) is 3.31. The molecule has 0 aliphatic carbocycles. The highest BCUT2D eigenvalue weighted by atomic mass is 35.5. The molecule has 0 heterocycles. The molecule has 0 spiro atoms. The summed E-state index contributed by atoms with van der Waals surface area (Å²) in [5.74, 6) is -2.89. The van der Waals surface area contributed by atoms with Crippen LogP contribution >= 0.6 is 11.6 Å². The molecule has 0 aliphatic rings. The minimum absolute atomic E-state index is 0.0346. The summed E-state index contributed by atoms with van der Waals surface area (Å²) < 4.78 is 33.2. The van der Waals surface area contributed by atoms with Gasteiger partial charge in [-0.05, 0) is 53.6 Å². The predicted octanol–water partition coefficient (Wildman–Crippen LogP) is 7.16. The van der Waals surface area contributed by atoms with Crippen molar-refractivity contribution in [2.24, 2.45) is 0 Å². The van der Waals surface area contributed by atoms with E-state index >= 15 is 0 Å². The van der Waals surface area contributed by atoms with E-state index in [-0.39, 0.29) is 16.9 Å². The van der Waals surface area contributed by atoms with Gasteiger partial charge in [-0.25, -0.2) is 13.6 Å². The van der Waals surface area contributed by atoms with Crippen LogP contribution in [-0.4, -0.2) is 11.9 Å². The van der Waals surface area contributed by atoms with Crippen LogP contribution in [0.2, 0.25) is 5.02 Å². The number of carbonyl (C=O) groups excluding carboxylic acids is 2. The molecule has 0 radical (unpaired) electrons. The Labute approximate surface area is 205 Å². The van der Waals surface area contributed by atoms with Crippen molar-refractivity contribution in [3.63, 3.8) is 0 Å². The summed E-state index contributed by atoms with van der Waals surface area (Å²) >= 11 is 6.15. The number of hydrogen-bond donors (Lipinski definition) is 1. The summed E-state index contributed by atoms with van der Waals surface area (Å²) in [7, 11) is 0. The quantitative estimate of drug-likeness (QED) is 0.178. The standard InChI is InChI=1S/C28H18ClF2NO3/c29-23-8-4-5-9-25(23)32-28(34)22-16-19(21-13-12-20(30)17-24(21)31)11-14-26(22)35-27(33)15-10-18-6-2-1-3-7-18/h1-17H,(H,32,34)/b15-10+. The van der Waals surface area contributed by atoms with E-state index in [0.717, 1.165) is 17.7 Å². The van der Waals surface area contributed by atoms with Gasteiger partial charge in [-0.2, -0.15) is 0 Å². The highest BCUT2D eigenvalue weighted by molar-refractivity contribution is 6.34. The summed E-state index contributed by atoms with van der Waals surface area (Å²) in [5, 5.41) is 2.98. The number of hydrogen-bond acceptors (Lipinski definition) is 3. The molecule has 0 bridgehead atoms. The summed E-state index contributed by atoms with van der Waals surface area (Å²) in [6, 6.07) is 23.1. The highest BCUT2D eigenvalue weighted by Gasteiger charge is 2.18. The monoisotopic (exact) mass is 489 g/mol. The minimum Gasteiger partial charge on any atom is -0.423 e. The molecule has 0 fully saturated rings. The Morgan fingerprint density at radius 1 is 0.857 bits per heavy atom. The van der Waals surface area contributed by atoms with Gasteiger partial charge in [0.05, 0.1) is 16.3 Å². The number of halogens is 3. The lowest BCUT2D eigenvalue weighted by atomic mass is 10.0. The zero-order valence-corrected chi connectivity index (χ0v) is 18.9. The van der Waals surface area contributed by atoms with E-state index in [1.165, 1.54) is 30.3 Å². The lowest BCUT2D eigenvalue weighted by Crippen LogP contribution is -2.15. The number of benzene rings is 4. The largest absolute Gasteiger partial charge is 0.423 e. The van der Waals surface area contributed by atoms with Gasteiger partial charge >= 0.3 is 5.97 Å². The number of carbonyl (C=O) groups is 2. The van der Waals surface area contributed by atoms with Crippen molar-refractivity contribution in [1.82, 2.24) is 0 Å². The van der Waals surface area contributed by atoms with Gasteiger partial charge in [0.1, 0.15) is 17.4 Å². The molecule has 7 heteroatoms. The first-order valence-electron chi connectivity index (χ1n) is 10.5. The van der Waals surface area contributed by atoms with Crippen LogP contribution in [0.3, 0.4) is 0 Å². The number of amides is 1. The Balaban J connectivity index is 1.67. The van der Waals surface area contributed by atoms with E-state index in [9.17, 15) is 18.4 Å². The van der Waals surface area contributed by atoms with Crippen molar-refractivity contribution in [2.45, 2.75) is 0 Å². The van der Waals surface area contributed by atoms with Crippen molar-refractivity contribution in [2.75, 3.05) is 5.32 Å². The molecule has 174 valence electrons. The number of esters is 1. The lowest BCUT2D eigenvalue weighted by Gasteiger charge is -2.13. The maximum absolute atomic E-state index is 14.4. The van der Waals surface area contributed by atoms with Crippen LogP contribution < -0.4 is 10.1 Å². The van der Waals surface area contributed by atoms with Crippen molar-refractivity contribution < 1.29 is 23.1 Å². The van der Waals surface area contributed by atoms with E-state index in [1.54, 1.807) is 30.3 Å². The SMILES string of the molecule is O=C(/C=C/c1ccccc1)Oc1ccc(-c2ccc(F)cc2F)cc1C(=O)Nc1ccccc1Cl. The first kappa shape index (κ1) is 23.9. The second kappa shape index (κ2) is 10.8. The molecule has 35 heavy (non-hydrogen) atoms. The third-order valence-corrected chi connectivity index (χ3v) is 5.34. The maximum atomic E-state index is 14.4. The van der Waals surface area contributed by atoms with Gasteiger partial charge in [0, 0.05) is 17.7 Å². The van der Waals surface area contributed by atoms with Crippen molar-refractivity contribution in [1.29, 1.82) is 0 Å². The Morgan fingerprint density at radius 3 is 2.34 bits per heavy atom. The van der Waals surface area contributed by atoms with E-state index in [0.29, 0.717) is 16.3 Å². The fourth-order valence-corrected chi connectivity index (χ4v) is 3.49. The first-order valence-corrected chi connectivity index (χ1v) is 10.9. The van der Waals surface area contributed by atoms with Gasteiger partial charge in [-0.1, -0.05) is 60.1 Å². The molecule has 4 rings (SSSR count).